The molecule has 0 heterocycles. The number of carbonyl (C=O) groups excluding carboxylic acids is 1. The molecule has 0 bridgehead atoms. The van der Waals surface area contributed by atoms with E-state index in [1.54, 1.807) is 6.07 Å². The van der Waals surface area contributed by atoms with Crippen LogP contribution in [0.1, 0.15) is 22.8 Å². The van der Waals surface area contributed by atoms with Gasteiger partial charge in [-0.2, -0.15) is 0 Å². The lowest BCUT2D eigenvalue weighted by atomic mass is 10.1. The molecular formula is C17H17NO6. The topological polar surface area (TPSA) is 87.9 Å². The van der Waals surface area contributed by atoms with E-state index in [4.69, 9.17) is 14.2 Å². The van der Waals surface area contributed by atoms with Crippen molar-refractivity contribution in [2.45, 2.75) is 13.3 Å². The first kappa shape index (κ1) is 17.3. The zero-order valence-electron chi connectivity index (χ0n) is 13.6. The summed E-state index contributed by atoms with van der Waals surface area (Å²) in [5.74, 6) is 0.586. The highest BCUT2D eigenvalue weighted by Gasteiger charge is 2.17. The number of rotatable bonds is 6. The van der Waals surface area contributed by atoms with Gasteiger partial charge in [-0.05, 0) is 24.6 Å². The molecule has 0 atom stereocenters. The molecule has 7 heteroatoms. The smallest absolute Gasteiger partial charge is 0.343 e. The molecule has 0 saturated heterocycles. The first-order valence-corrected chi connectivity index (χ1v) is 7.21. The molecule has 24 heavy (non-hydrogen) atoms. The quantitative estimate of drug-likeness (QED) is 0.349. The molecular weight excluding hydrogens is 314 g/mol. The van der Waals surface area contributed by atoms with Crippen molar-refractivity contribution in [1.29, 1.82) is 0 Å². The third kappa shape index (κ3) is 3.62. The third-order valence-corrected chi connectivity index (χ3v) is 3.44. The van der Waals surface area contributed by atoms with Gasteiger partial charge in [-0.15, -0.1) is 0 Å². The summed E-state index contributed by atoms with van der Waals surface area (Å²) in [5, 5.41) is 10.7. The Morgan fingerprint density at radius 2 is 1.79 bits per heavy atom. The fourth-order valence-corrected chi connectivity index (χ4v) is 2.20. The van der Waals surface area contributed by atoms with Crippen molar-refractivity contribution >= 4 is 11.7 Å². The second kappa shape index (κ2) is 7.45. The first-order valence-electron chi connectivity index (χ1n) is 7.21. The van der Waals surface area contributed by atoms with Gasteiger partial charge in [0, 0.05) is 23.8 Å². The van der Waals surface area contributed by atoms with Crippen LogP contribution in [0.5, 0.6) is 17.2 Å². The molecule has 0 spiro atoms. The second-order valence-corrected chi connectivity index (χ2v) is 4.86. The zero-order valence-corrected chi connectivity index (χ0v) is 13.6. The highest BCUT2D eigenvalue weighted by molar-refractivity contribution is 5.91. The van der Waals surface area contributed by atoms with Gasteiger partial charge in [-0.25, -0.2) is 4.79 Å². The van der Waals surface area contributed by atoms with E-state index in [0.717, 1.165) is 5.56 Å². The number of nitro groups is 1. The molecule has 0 N–H and O–H groups in total. The molecule has 0 amide bonds. The van der Waals surface area contributed by atoms with Crippen molar-refractivity contribution in [2.75, 3.05) is 14.2 Å². The van der Waals surface area contributed by atoms with Crippen molar-refractivity contribution in [3.8, 4) is 17.2 Å². The number of hydrogen-bond acceptors (Lipinski definition) is 6. The minimum absolute atomic E-state index is 0.0984. The van der Waals surface area contributed by atoms with Gasteiger partial charge < -0.3 is 14.2 Å². The number of methoxy groups -OCH3 is 2. The molecule has 0 unspecified atom stereocenters. The zero-order chi connectivity index (χ0) is 17.7. The van der Waals surface area contributed by atoms with Gasteiger partial charge >= 0.3 is 5.97 Å². The molecule has 126 valence electrons. The molecule has 0 aliphatic rings. The summed E-state index contributed by atoms with van der Waals surface area (Å²) in [6.07, 6.45) is 0.669. The Labute approximate surface area is 138 Å². The summed E-state index contributed by atoms with van der Waals surface area (Å²) < 4.78 is 15.9. The maximum Gasteiger partial charge on any atom is 0.343 e. The van der Waals surface area contributed by atoms with Gasteiger partial charge in [0.25, 0.3) is 5.69 Å². The minimum Gasteiger partial charge on any atom is -0.497 e. The summed E-state index contributed by atoms with van der Waals surface area (Å²) in [5.41, 5.74) is 0.936. The van der Waals surface area contributed by atoms with E-state index in [2.05, 4.69) is 0 Å². The number of hydrogen-bond donors (Lipinski definition) is 0. The van der Waals surface area contributed by atoms with E-state index in [1.807, 2.05) is 13.0 Å². The largest absolute Gasteiger partial charge is 0.497 e. The Morgan fingerprint density at radius 3 is 2.29 bits per heavy atom. The van der Waals surface area contributed by atoms with Crippen LogP contribution in [-0.4, -0.2) is 25.1 Å². The summed E-state index contributed by atoms with van der Waals surface area (Å²) in [6.45, 7) is 1.94. The minimum atomic E-state index is -0.640. The maximum absolute atomic E-state index is 12.3. The molecule has 2 rings (SSSR count). The molecule has 7 nitrogen and oxygen atoms in total. The normalized spacial score (nSPS) is 10.1. The van der Waals surface area contributed by atoms with E-state index in [1.165, 1.54) is 38.5 Å². The predicted octanol–water partition coefficient (Wildman–Crippen LogP) is 3.39. The van der Waals surface area contributed by atoms with Gasteiger partial charge in [0.15, 0.2) is 11.5 Å². The number of nitrogens with zero attached hydrogens (tertiary/aromatic N) is 1. The third-order valence-electron chi connectivity index (χ3n) is 3.44. The Kier molecular flexibility index (Phi) is 5.36. The fourth-order valence-electron chi connectivity index (χ4n) is 2.20. The lowest BCUT2D eigenvalue weighted by Crippen LogP contribution is -2.10. The lowest BCUT2D eigenvalue weighted by Gasteiger charge is -2.14. The molecule has 0 aliphatic carbocycles. The van der Waals surface area contributed by atoms with Crippen molar-refractivity contribution in [3.05, 3.63) is 57.6 Å². The predicted molar refractivity (Wildman–Crippen MR) is 87.0 cm³/mol. The van der Waals surface area contributed by atoms with Crippen molar-refractivity contribution in [1.82, 2.24) is 0 Å². The SMILES string of the molecule is CCc1cc(OC)cc(OC(=O)c2ccc([N+](=O)[O-])cc2)c1OC. The van der Waals surface area contributed by atoms with Crippen LogP contribution in [0.4, 0.5) is 5.69 Å². The Bertz CT molecular complexity index is 754. The van der Waals surface area contributed by atoms with Crippen LogP contribution in [0.25, 0.3) is 0 Å². The van der Waals surface area contributed by atoms with Gasteiger partial charge in [-0.1, -0.05) is 6.92 Å². The average Bonchev–Trinajstić information content (AvgIpc) is 2.60. The summed E-state index contributed by atoms with van der Waals surface area (Å²) in [4.78, 5) is 22.4. The van der Waals surface area contributed by atoms with Crippen LogP contribution in [0.2, 0.25) is 0 Å². The molecule has 0 aliphatic heterocycles. The first-order chi connectivity index (χ1) is 11.5. The Hall–Kier alpha value is -3.09. The average molecular weight is 331 g/mol. The van der Waals surface area contributed by atoms with Gasteiger partial charge in [0.2, 0.25) is 0 Å². The summed E-state index contributed by atoms with van der Waals surface area (Å²) in [7, 11) is 3.01. The number of non-ortho nitro benzene ring substituents is 1. The van der Waals surface area contributed by atoms with E-state index in [9.17, 15) is 14.9 Å². The van der Waals surface area contributed by atoms with Crippen molar-refractivity contribution < 1.29 is 23.9 Å². The molecule has 2 aromatic carbocycles. The highest BCUT2D eigenvalue weighted by Crippen LogP contribution is 2.36. The highest BCUT2D eigenvalue weighted by atomic mass is 16.6. The van der Waals surface area contributed by atoms with E-state index < -0.39 is 10.9 Å². The Balaban J connectivity index is 2.32. The van der Waals surface area contributed by atoms with Gasteiger partial charge in [0.1, 0.15) is 5.75 Å². The van der Waals surface area contributed by atoms with E-state index >= 15 is 0 Å². The van der Waals surface area contributed by atoms with Crippen LogP contribution in [0, 0.1) is 10.1 Å². The maximum atomic E-state index is 12.3. The number of nitro benzene ring substituents is 1. The van der Waals surface area contributed by atoms with Gasteiger partial charge in [0.05, 0.1) is 24.7 Å². The second-order valence-electron chi connectivity index (χ2n) is 4.86. The molecule has 0 radical (unpaired) electrons. The fraction of sp³-hybridized carbons (Fsp3) is 0.235. The number of esters is 1. The van der Waals surface area contributed by atoms with Crippen LogP contribution in [0.15, 0.2) is 36.4 Å². The van der Waals surface area contributed by atoms with Gasteiger partial charge in [-0.3, -0.25) is 10.1 Å². The van der Waals surface area contributed by atoms with Crippen LogP contribution in [0.3, 0.4) is 0 Å². The molecule has 2 aromatic rings. The summed E-state index contributed by atoms with van der Waals surface area (Å²) in [6, 6.07) is 8.54. The van der Waals surface area contributed by atoms with Crippen molar-refractivity contribution in [3.63, 3.8) is 0 Å². The molecule has 0 fully saturated rings. The van der Waals surface area contributed by atoms with E-state index in [0.29, 0.717) is 17.9 Å². The monoisotopic (exact) mass is 331 g/mol. The standard InChI is InChI=1S/C17H17NO6/c1-4-11-9-14(22-2)10-15(16(11)23-3)24-17(19)12-5-7-13(8-6-12)18(20)21/h5-10H,4H2,1-3H3. The van der Waals surface area contributed by atoms with Crippen molar-refractivity contribution in [2.24, 2.45) is 0 Å². The van der Waals surface area contributed by atoms with Crippen LogP contribution in [-0.2, 0) is 6.42 Å². The number of carbonyl (C=O) groups is 1. The van der Waals surface area contributed by atoms with E-state index in [-0.39, 0.29) is 17.0 Å². The Morgan fingerprint density at radius 1 is 1.12 bits per heavy atom. The molecule has 0 aromatic heterocycles. The number of benzene rings is 2. The van der Waals surface area contributed by atoms with Crippen LogP contribution < -0.4 is 14.2 Å². The van der Waals surface area contributed by atoms with Crippen LogP contribution >= 0.6 is 0 Å². The number of aryl methyl sites for hydroxylation is 1. The molecule has 0 saturated carbocycles. The summed E-state index contributed by atoms with van der Waals surface area (Å²) >= 11 is 0. The lowest BCUT2D eigenvalue weighted by molar-refractivity contribution is -0.384. The number of ether oxygens (including phenoxy) is 3.